The van der Waals surface area contributed by atoms with Crippen LogP contribution in [0.2, 0.25) is 0 Å². The number of anilines is 1. The highest BCUT2D eigenvalue weighted by Crippen LogP contribution is 2.23. The monoisotopic (exact) mass is 279 g/mol. The van der Waals surface area contributed by atoms with Crippen LogP contribution in [0.5, 0.6) is 0 Å². The van der Waals surface area contributed by atoms with E-state index in [2.05, 4.69) is 4.98 Å². The second-order valence-corrected chi connectivity index (χ2v) is 3.49. The average Bonchev–Trinajstić information content (AvgIpc) is 2.25. The minimum Gasteiger partial charge on any atom is -0.480 e. The molecule has 1 N–H and O–H groups in total. The lowest BCUT2D eigenvalue weighted by atomic mass is 10.3. The highest BCUT2D eigenvalue weighted by atomic mass is 19.4. The largest absolute Gasteiger partial charge is 0.480 e. The third-order valence-electron chi connectivity index (χ3n) is 1.96. The number of aliphatic carboxylic acids is 1. The average molecular weight is 279 g/mol. The number of carboxylic acids is 1. The molecule has 0 unspecified atom stereocenters. The van der Waals surface area contributed by atoms with Crippen LogP contribution in [0.25, 0.3) is 0 Å². The number of aromatic nitrogens is 1. The summed E-state index contributed by atoms with van der Waals surface area (Å²) < 4.78 is 36.9. The van der Waals surface area contributed by atoms with E-state index in [4.69, 9.17) is 5.11 Å². The van der Waals surface area contributed by atoms with Gasteiger partial charge in [-0.1, -0.05) is 0 Å². The summed E-state index contributed by atoms with van der Waals surface area (Å²) in [4.78, 5) is 24.1. The van der Waals surface area contributed by atoms with Crippen molar-refractivity contribution in [2.24, 2.45) is 0 Å². The second kappa shape index (κ2) is 5.50. The molecule has 104 valence electrons. The van der Waals surface area contributed by atoms with Crippen molar-refractivity contribution in [3.05, 3.63) is 28.4 Å². The molecule has 0 bridgehead atoms. The SMILES string of the molecule is O=C(O)CN(CC(F)(F)F)c1cc([N+](=O)[O-])ccn1. The van der Waals surface area contributed by atoms with E-state index in [-0.39, 0.29) is 0 Å². The number of nitro groups is 1. The number of hydrogen-bond acceptors (Lipinski definition) is 5. The summed E-state index contributed by atoms with van der Waals surface area (Å²) >= 11 is 0. The van der Waals surface area contributed by atoms with Gasteiger partial charge in [-0.2, -0.15) is 13.2 Å². The number of carbonyl (C=O) groups is 1. The van der Waals surface area contributed by atoms with Gasteiger partial charge in [0.15, 0.2) is 0 Å². The minimum absolute atomic E-state index is 0.398. The van der Waals surface area contributed by atoms with Gasteiger partial charge < -0.3 is 10.0 Å². The summed E-state index contributed by atoms with van der Waals surface area (Å²) in [5.74, 6) is -1.92. The summed E-state index contributed by atoms with van der Waals surface area (Å²) in [6.07, 6.45) is -3.71. The van der Waals surface area contributed by atoms with E-state index in [1.807, 2.05) is 0 Å². The molecular formula is C9H8F3N3O4. The van der Waals surface area contributed by atoms with Gasteiger partial charge in [0.2, 0.25) is 0 Å². The Morgan fingerprint density at radius 2 is 2.16 bits per heavy atom. The van der Waals surface area contributed by atoms with Crippen LogP contribution >= 0.6 is 0 Å². The first-order valence-electron chi connectivity index (χ1n) is 4.83. The molecule has 0 fully saturated rings. The molecule has 0 aromatic carbocycles. The zero-order valence-electron chi connectivity index (χ0n) is 9.29. The van der Waals surface area contributed by atoms with Gasteiger partial charge in [0, 0.05) is 12.3 Å². The summed E-state index contributed by atoms with van der Waals surface area (Å²) in [5.41, 5.74) is -0.470. The van der Waals surface area contributed by atoms with E-state index in [0.29, 0.717) is 4.90 Å². The van der Waals surface area contributed by atoms with Crippen LogP contribution in [0.3, 0.4) is 0 Å². The Morgan fingerprint density at radius 3 is 2.63 bits per heavy atom. The number of pyridine rings is 1. The lowest BCUT2D eigenvalue weighted by Gasteiger charge is -2.22. The molecule has 0 atom stereocenters. The molecule has 0 saturated heterocycles. The fourth-order valence-corrected chi connectivity index (χ4v) is 1.29. The number of hydrogen-bond donors (Lipinski definition) is 1. The fraction of sp³-hybridized carbons (Fsp3) is 0.333. The first-order valence-corrected chi connectivity index (χ1v) is 4.83. The molecule has 19 heavy (non-hydrogen) atoms. The van der Waals surface area contributed by atoms with E-state index in [0.717, 1.165) is 18.3 Å². The van der Waals surface area contributed by atoms with Crippen molar-refractivity contribution in [2.75, 3.05) is 18.0 Å². The number of nitrogens with zero attached hydrogens (tertiary/aromatic N) is 3. The predicted octanol–water partition coefficient (Wildman–Crippen LogP) is 1.44. The van der Waals surface area contributed by atoms with Crippen LogP contribution < -0.4 is 4.90 Å². The Labute approximate surface area is 104 Å². The van der Waals surface area contributed by atoms with E-state index < -0.39 is 41.7 Å². The van der Waals surface area contributed by atoms with E-state index >= 15 is 0 Å². The molecule has 10 heteroatoms. The standard InChI is InChI=1S/C9H8F3N3O4/c10-9(11,12)5-14(4-8(16)17)7-3-6(15(18)19)1-2-13-7/h1-3H,4-5H2,(H,16,17). The van der Waals surface area contributed by atoms with Crippen molar-refractivity contribution >= 4 is 17.5 Å². The van der Waals surface area contributed by atoms with Crippen LogP contribution in [0.4, 0.5) is 24.7 Å². The van der Waals surface area contributed by atoms with Crippen molar-refractivity contribution in [1.29, 1.82) is 0 Å². The van der Waals surface area contributed by atoms with Crippen LogP contribution in [0.15, 0.2) is 18.3 Å². The van der Waals surface area contributed by atoms with Crippen LogP contribution in [0, 0.1) is 10.1 Å². The van der Waals surface area contributed by atoms with Crippen molar-refractivity contribution < 1.29 is 28.0 Å². The molecule has 1 aromatic heterocycles. The van der Waals surface area contributed by atoms with Crippen molar-refractivity contribution in [1.82, 2.24) is 4.98 Å². The second-order valence-electron chi connectivity index (χ2n) is 3.49. The molecule has 0 aliphatic carbocycles. The predicted molar refractivity (Wildman–Crippen MR) is 56.8 cm³/mol. The van der Waals surface area contributed by atoms with Crippen LogP contribution in [-0.4, -0.2) is 40.2 Å². The van der Waals surface area contributed by atoms with Crippen molar-refractivity contribution in [3.8, 4) is 0 Å². The lowest BCUT2D eigenvalue weighted by molar-refractivity contribution is -0.384. The number of alkyl halides is 3. The molecule has 0 amide bonds. The Hall–Kier alpha value is -2.39. The third-order valence-corrected chi connectivity index (χ3v) is 1.96. The molecule has 0 aliphatic heterocycles. The molecule has 1 rings (SSSR count). The maximum atomic E-state index is 12.3. The topological polar surface area (TPSA) is 96.6 Å². The van der Waals surface area contributed by atoms with Gasteiger partial charge in [0.1, 0.15) is 18.9 Å². The van der Waals surface area contributed by atoms with E-state index in [1.165, 1.54) is 0 Å². The van der Waals surface area contributed by atoms with Crippen molar-refractivity contribution in [3.63, 3.8) is 0 Å². The Bertz CT molecular complexity index is 492. The van der Waals surface area contributed by atoms with Gasteiger partial charge in [0.25, 0.3) is 5.69 Å². The first-order chi connectivity index (χ1) is 8.69. The van der Waals surface area contributed by atoms with Crippen LogP contribution in [-0.2, 0) is 4.79 Å². The number of carboxylic acid groups (broad SMARTS) is 1. The summed E-state index contributed by atoms with van der Waals surface area (Å²) in [5, 5.41) is 19.1. The highest BCUT2D eigenvalue weighted by molar-refractivity contribution is 5.73. The van der Waals surface area contributed by atoms with E-state index in [9.17, 15) is 28.1 Å². The van der Waals surface area contributed by atoms with Gasteiger partial charge in [-0.05, 0) is 0 Å². The molecular weight excluding hydrogens is 271 g/mol. The minimum atomic E-state index is -4.65. The smallest absolute Gasteiger partial charge is 0.405 e. The molecule has 1 heterocycles. The normalized spacial score (nSPS) is 11.1. The maximum absolute atomic E-state index is 12.3. The van der Waals surface area contributed by atoms with Gasteiger partial charge in [-0.3, -0.25) is 14.9 Å². The lowest BCUT2D eigenvalue weighted by Crippen LogP contribution is -2.38. The summed E-state index contributed by atoms with van der Waals surface area (Å²) in [6, 6.07) is 1.78. The first kappa shape index (κ1) is 14.7. The number of rotatable bonds is 5. The summed E-state index contributed by atoms with van der Waals surface area (Å²) in [7, 11) is 0. The Morgan fingerprint density at radius 1 is 1.53 bits per heavy atom. The fourth-order valence-electron chi connectivity index (χ4n) is 1.29. The molecule has 7 nitrogen and oxygen atoms in total. The quantitative estimate of drug-likeness (QED) is 0.647. The molecule has 0 aliphatic rings. The van der Waals surface area contributed by atoms with E-state index in [1.54, 1.807) is 0 Å². The number of halogens is 3. The summed E-state index contributed by atoms with van der Waals surface area (Å²) in [6.45, 7) is -2.53. The Balaban J connectivity index is 3.06. The Kier molecular flexibility index (Phi) is 4.25. The maximum Gasteiger partial charge on any atom is 0.405 e. The molecule has 0 saturated carbocycles. The molecule has 1 aromatic rings. The third kappa shape index (κ3) is 4.77. The van der Waals surface area contributed by atoms with Gasteiger partial charge in [-0.15, -0.1) is 0 Å². The van der Waals surface area contributed by atoms with Crippen molar-refractivity contribution in [2.45, 2.75) is 6.18 Å². The zero-order valence-corrected chi connectivity index (χ0v) is 9.29. The molecule has 0 radical (unpaired) electrons. The highest BCUT2D eigenvalue weighted by Gasteiger charge is 2.32. The van der Waals surface area contributed by atoms with Gasteiger partial charge >= 0.3 is 12.1 Å². The van der Waals surface area contributed by atoms with Crippen LogP contribution in [0.1, 0.15) is 0 Å². The van der Waals surface area contributed by atoms with Gasteiger partial charge in [-0.25, -0.2) is 4.98 Å². The molecule has 0 spiro atoms. The zero-order chi connectivity index (χ0) is 14.6. The van der Waals surface area contributed by atoms with Gasteiger partial charge in [0.05, 0.1) is 11.0 Å².